The van der Waals surface area contributed by atoms with Crippen molar-refractivity contribution in [3.05, 3.63) is 76.0 Å². The maximum atomic E-state index is 13.4. The molecule has 0 saturated carbocycles. The highest BCUT2D eigenvalue weighted by Gasteiger charge is 2.28. The highest BCUT2D eigenvalue weighted by Crippen LogP contribution is 2.29. The monoisotopic (exact) mass is 467 g/mol. The number of amides is 1. The van der Waals surface area contributed by atoms with Gasteiger partial charge in [0, 0.05) is 0 Å². The Morgan fingerprint density at radius 3 is 2.64 bits per heavy atom. The van der Waals surface area contributed by atoms with Crippen molar-refractivity contribution in [3.63, 3.8) is 0 Å². The van der Waals surface area contributed by atoms with Crippen LogP contribution in [0, 0.1) is 24.1 Å². The third-order valence-corrected chi connectivity index (χ3v) is 5.78. The van der Waals surface area contributed by atoms with Gasteiger partial charge in [-0.25, -0.2) is 14.2 Å². The fourth-order valence-electron chi connectivity index (χ4n) is 3.01. The fourth-order valence-corrected chi connectivity index (χ4v) is 3.97. The van der Waals surface area contributed by atoms with Crippen LogP contribution in [0.5, 0.6) is 5.75 Å². The van der Waals surface area contributed by atoms with Crippen LogP contribution in [0.25, 0.3) is 0 Å². The third kappa shape index (κ3) is 5.93. The van der Waals surface area contributed by atoms with E-state index in [-0.39, 0.29) is 19.0 Å². The van der Waals surface area contributed by atoms with Gasteiger partial charge in [0.2, 0.25) is 0 Å². The first-order valence-electron chi connectivity index (χ1n) is 10.2. The van der Waals surface area contributed by atoms with Crippen LogP contribution in [0.15, 0.2) is 48.5 Å². The second-order valence-corrected chi connectivity index (χ2v) is 8.06. The highest BCUT2D eigenvalue weighted by molar-refractivity contribution is 7.17. The van der Waals surface area contributed by atoms with Gasteiger partial charge in [-0.1, -0.05) is 29.5 Å². The number of rotatable bonds is 8. The number of nitriles is 1. The summed E-state index contributed by atoms with van der Waals surface area (Å²) in [4.78, 5) is 31.8. The molecule has 0 spiro atoms. The summed E-state index contributed by atoms with van der Waals surface area (Å²) in [7, 11) is 0. The Morgan fingerprint density at radius 1 is 1.24 bits per heavy atom. The number of halogens is 1. The van der Waals surface area contributed by atoms with Crippen LogP contribution in [0.2, 0.25) is 0 Å². The molecule has 1 aromatic heterocycles. The summed E-state index contributed by atoms with van der Waals surface area (Å²) in [5.74, 6) is -0.934. The topological polar surface area (TPSA) is 92.5 Å². The number of aromatic nitrogens is 1. The predicted molar refractivity (Wildman–Crippen MR) is 122 cm³/mol. The maximum Gasteiger partial charge on any atom is 0.350 e. The van der Waals surface area contributed by atoms with E-state index in [1.807, 2.05) is 6.07 Å². The molecule has 3 aromatic rings. The second kappa shape index (κ2) is 10.7. The van der Waals surface area contributed by atoms with E-state index in [2.05, 4.69) is 4.98 Å². The van der Waals surface area contributed by atoms with Crippen molar-refractivity contribution in [2.45, 2.75) is 33.4 Å². The largest absolute Gasteiger partial charge is 0.481 e. The molecule has 0 fully saturated rings. The van der Waals surface area contributed by atoms with E-state index in [0.29, 0.717) is 32.6 Å². The molecule has 9 heteroatoms. The number of nitrogens with zero attached hydrogens (tertiary/aromatic N) is 3. The average Bonchev–Trinajstić information content (AvgIpc) is 3.19. The predicted octanol–water partition coefficient (Wildman–Crippen LogP) is 4.64. The zero-order valence-electron chi connectivity index (χ0n) is 18.4. The van der Waals surface area contributed by atoms with Gasteiger partial charge in [-0.05, 0) is 56.7 Å². The Morgan fingerprint density at radius 2 is 1.97 bits per heavy atom. The Balaban J connectivity index is 1.91. The molecule has 1 amide bonds. The van der Waals surface area contributed by atoms with E-state index < -0.39 is 18.0 Å². The fraction of sp³-hybridized carbons (Fsp3) is 0.250. The molecule has 3 rings (SSSR count). The molecule has 1 heterocycles. The Kier molecular flexibility index (Phi) is 7.74. The number of aryl methyl sites for hydroxylation is 1. The maximum absolute atomic E-state index is 13.4. The van der Waals surface area contributed by atoms with Gasteiger partial charge in [0.1, 0.15) is 16.4 Å². The number of carbonyl (C=O) groups is 2. The van der Waals surface area contributed by atoms with Crippen LogP contribution < -0.4 is 9.64 Å². The average molecular weight is 468 g/mol. The van der Waals surface area contributed by atoms with Gasteiger partial charge in [-0.3, -0.25) is 9.69 Å². The molecule has 0 aliphatic rings. The van der Waals surface area contributed by atoms with Gasteiger partial charge in [-0.2, -0.15) is 5.26 Å². The highest BCUT2D eigenvalue weighted by atomic mass is 32.1. The van der Waals surface area contributed by atoms with Crippen LogP contribution in [0.4, 0.5) is 9.52 Å². The lowest BCUT2D eigenvalue weighted by atomic mass is 10.2. The molecule has 170 valence electrons. The van der Waals surface area contributed by atoms with Crippen molar-refractivity contribution < 1.29 is 23.5 Å². The molecular formula is C24H22FN3O4S. The zero-order valence-corrected chi connectivity index (χ0v) is 19.2. The lowest BCUT2D eigenvalue weighted by Gasteiger charge is -2.24. The van der Waals surface area contributed by atoms with Gasteiger partial charge < -0.3 is 9.47 Å². The van der Waals surface area contributed by atoms with Gasteiger partial charge in [0.25, 0.3) is 5.91 Å². The smallest absolute Gasteiger partial charge is 0.350 e. The molecule has 0 aliphatic carbocycles. The first-order chi connectivity index (χ1) is 15.8. The lowest BCUT2D eigenvalue weighted by molar-refractivity contribution is -0.124. The SMILES string of the molecule is CCOC(=O)c1sc(N(Cc2ccc(F)cc2)C(=O)C(C)Oc2cccc(C#N)c2)nc1C. The number of carbonyl (C=O) groups excluding carboxylic acids is 2. The summed E-state index contributed by atoms with van der Waals surface area (Å²) >= 11 is 1.04. The van der Waals surface area contributed by atoms with E-state index in [9.17, 15) is 14.0 Å². The molecule has 0 bridgehead atoms. The van der Waals surface area contributed by atoms with Crippen molar-refractivity contribution in [3.8, 4) is 11.8 Å². The second-order valence-electron chi connectivity index (χ2n) is 7.08. The first kappa shape index (κ1) is 23.9. The summed E-state index contributed by atoms with van der Waals surface area (Å²) < 4.78 is 24.2. The number of hydrogen-bond acceptors (Lipinski definition) is 7. The quantitative estimate of drug-likeness (QED) is 0.448. The molecule has 0 saturated heterocycles. The minimum Gasteiger partial charge on any atom is -0.481 e. The van der Waals surface area contributed by atoms with Gasteiger partial charge in [0.05, 0.1) is 30.5 Å². The third-order valence-electron chi connectivity index (χ3n) is 4.62. The Hall–Kier alpha value is -3.77. The number of anilines is 1. The number of benzene rings is 2. The normalized spacial score (nSPS) is 11.4. The van der Waals surface area contributed by atoms with Crippen molar-refractivity contribution in [1.82, 2.24) is 4.98 Å². The number of hydrogen-bond donors (Lipinski definition) is 0. The van der Waals surface area contributed by atoms with Gasteiger partial charge >= 0.3 is 5.97 Å². The summed E-state index contributed by atoms with van der Waals surface area (Å²) in [5, 5.41) is 9.38. The minimum absolute atomic E-state index is 0.0975. The van der Waals surface area contributed by atoms with E-state index in [0.717, 1.165) is 11.3 Å². The molecule has 1 atom stereocenters. The van der Waals surface area contributed by atoms with Gasteiger partial charge in [0.15, 0.2) is 11.2 Å². The zero-order chi connectivity index (χ0) is 24.0. The minimum atomic E-state index is -0.922. The Bertz CT molecular complexity index is 1190. The van der Waals surface area contributed by atoms with Crippen LogP contribution >= 0.6 is 11.3 Å². The van der Waals surface area contributed by atoms with Crippen LogP contribution in [0.3, 0.4) is 0 Å². The Labute approximate surface area is 195 Å². The van der Waals surface area contributed by atoms with E-state index in [1.54, 1.807) is 57.2 Å². The number of esters is 1. The van der Waals surface area contributed by atoms with Gasteiger partial charge in [-0.15, -0.1) is 0 Å². The van der Waals surface area contributed by atoms with E-state index in [1.165, 1.54) is 17.0 Å². The van der Waals surface area contributed by atoms with Crippen LogP contribution in [-0.4, -0.2) is 29.6 Å². The van der Waals surface area contributed by atoms with Crippen LogP contribution in [-0.2, 0) is 16.1 Å². The molecule has 0 aliphatic heterocycles. The van der Waals surface area contributed by atoms with Crippen molar-refractivity contribution in [2.75, 3.05) is 11.5 Å². The van der Waals surface area contributed by atoms with E-state index >= 15 is 0 Å². The molecule has 0 N–H and O–H groups in total. The molecule has 2 aromatic carbocycles. The van der Waals surface area contributed by atoms with Crippen molar-refractivity contribution in [2.24, 2.45) is 0 Å². The van der Waals surface area contributed by atoms with E-state index in [4.69, 9.17) is 14.7 Å². The number of ether oxygens (including phenoxy) is 2. The summed E-state index contributed by atoms with van der Waals surface area (Å²) in [6, 6.07) is 14.3. The first-order valence-corrected chi connectivity index (χ1v) is 11.0. The summed E-state index contributed by atoms with van der Waals surface area (Å²) in [6.45, 7) is 5.28. The summed E-state index contributed by atoms with van der Waals surface area (Å²) in [6.07, 6.45) is -0.922. The van der Waals surface area contributed by atoms with Crippen molar-refractivity contribution in [1.29, 1.82) is 5.26 Å². The standard InChI is InChI=1S/C24H22FN3O4S/c1-4-31-23(30)21-15(2)27-24(33-21)28(14-17-8-10-19(25)11-9-17)22(29)16(3)32-20-7-5-6-18(12-20)13-26/h5-12,16H,4,14H2,1-3H3. The summed E-state index contributed by atoms with van der Waals surface area (Å²) in [5.41, 5.74) is 1.53. The molecular weight excluding hydrogens is 445 g/mol. The van der Waals surface area contributed by atoms with Crippen LogP contribution in [0.1, 0.15) is 40.3 Å². The molecule has 7 nitrogen and oxygen atoms in total. The van der Waals surface area contributed by atoms with Crippen molar-refractivity contribution >= 4 is 28.3 Å². The number of thiazole rings is 1. The molecule has 33 heavy (non-hydrogen) atoms. The molecule has 0 radical (unpaired) electrons. The lowest BCUT2D eigenvalue weighted by Crippen LogP contribution is -2.40. The molecule has 1 unspecified atom stereocenters.